The van der Waals surface area contributed by atoms with Crippen LogP contribution in [0.2, 0.25) is 5.02 Å². The van der Waals surface area contributed by atoms with Gasteiger partial charge in [-0.15, -0.1) is 0 Å². The molecule has 8 nitrogen and oxygen atoms in total. The van der Waals surface area contributed by atoms with Crippen LogP contribution in [0.1, 0.15) is 20.3 Å². The smallest absolute Gasteiger partial charge is 0.321 e. The molecular weight excluding hydrogens is 404 g/mol. The Morgan fingerprint density at radius 3 is 2.82 bits per heavy atom. The van der Waals surface area contributed by atoms with E-state index in [0.717, 1.165) is 11.8 Å². The van der Waals surface area contributed by atoms with Crippen LogP contribution in [0.4, 0.5) is 4.79 Å². The number of thioether (sulfide) groups is 1. The monoisotopic (exact) mass is 426 g/mol. The lowest BCUT2D eigenvalue weighted by molar-refractivity contribution is -0.119. The minimum atomic E-state index is -0.640. The van der Waals surface area contributed by atoms with Crippen molar-refractivity contribution in [3.8, 4) is 0 Å². The van der Waals surface area contributed by atoms with Crippen molar-refractivity contribution in [3.63, 3.8) is 0 Å². The molecule has 2 rings (SSSR count). The highest BCUT2D eigenvalue weighted by Gasteiger charge is 2.20. The van der Waals surface area contributed by atoms with E-state index in [4.69, 9.17) is 16.3 Å². The van der Waals surface area contributed by atoms with Gasteiger partial charge in [-0.1, -0.05) is 23.4 Å². The van der Waals surface area contributed by atoms with Crippen LogP contribution in [0.5, 0.6) is 0 Å². The van der Waals surface area contributed by atoms with Crippen molar-refractivity contribution < 1.29 is 14.3 Å². The third kappa shape index (κ3) is 5.70. The Hall–Kier alpha value is -2.10. The van der Waals surface area contributed by atoms with Gasteiger partial charge in [0.15, 0.2) is 5.16 Å². The second-order valence-corrected chi connectivity index (χ2v) is 7.64. The van der Waals surface area contributed by atoms with Crippen LogP contribution in [0, 0.1) is 0 Å². The second kappa shape index (κ2) is 10.4. The summed E-state index contributed by atoms with van der Waals surface area (Å²) in [6.07, 6.45) is 0.626. The number of hydrogen-bond donors (Lipinski definition) is 2. The number of halogens is 1. The molecule has 0 aliphatic rings. The van der Waals surface area contributed by atoms with E-state index in [1.54, 1.807) is 25.1 Å². The highest BCUT2D eigenvalue weighted by Crippen LogP contribution is 2.24. The SMILES string of the molecule is CCOCCCn1c(S[C@H](C)C(=O)NC(=O)NC)nc2cc(Cl)ccc2c1=O. The number of imide groups is 1. The summed E-state index contributed by atoms with van der Waals surface area (Å²) in [7, 11) is 1.42. The molecule has 1 aromatic carbocycles. The summed E-state index contributed by atoms with van der Waals surface area (Å²) in [4.78, 5) is 41.0. The van der Waals surface area contributed by atoms with Crippen LogP contribution in [-0.2, 0) is 16.1 Å². The molecule has 0 aliphatic heterocycles. The molecule has 0 unspecified atom stereocenters. The first kappa shape index (κ1) is 22.2. The second-order valence-electron chi connectivity index (χ2n) is 5.89. The topological polar surface area (TPSA) is 102 Å². The van der Waals surface area contributed by atoms with E-state index in [-0.39, 0.29) is 5.56 Å². The van der Waals surface area contributed by atoms with Crippen LogP contribution in [-0.4, -0.2) is 47.0 Å². The quantitative estimate of drug-likeness (QED) is 0.382. The Labute approximate surface area is 172 Å². The van der Waals surface area contributed by atoms with Gasteiger partial charge in [0.1, 0.15) is 0 Å². The van der Waals surface area contributed by atoms with E-state index in [1.807, 2.05) is 6.92 Å². The fourth-order valence-electron chi connectivity index (χ4n) is 2.42. The summed E-state index contributed by atoms with van der Waals surface area (Å²) in [6, 6.07) is 4.30. The molecule has 2 aromatic rings. The summed E-state index contributed by atoms with van der Waals surface area (Å²) >= 11 is 7.14. The number of nitrogens with zero attached hydrogens (tertiary/aromatic N) is 2. The number of carbonyl (C=O) groups is 2. The number of amides is 3. The Bertz CT molecular complexity index is 918. The van der Waals surface area contributed by atoms with Gasteiger partial charge in [0.25, 0.3) is 5.56 Å². The lowest BCUT2D eigenvalue weighted by Gasteiger charge is -2.16. The van der Waals surface area contributed by atoms with Crippen LogP contribution < -0.4 is 16.2 Å². The van der Waals surface area contributed by atoms with Crippen LogP contribution in [0.25, 0.3) is 10.9 Å². The van der Waals surface area contributed by atoms with E-state index >= 15 is 0 Å². The van der Waals surface area contributed by atoms with Gasteiger partial charge in [-0.25, -0.2) is 9.78 Å². The third-order valence-electron chi connectivity index (χ3n) is 3.87. The Balaban J connectivity index is 2.36. The normalized spacial score (nSPS) is 12.0. The van der Waals surface area contributed by atoms with Gasteiger partial charge in [0.05, 0.1) is 16.2 Å². The fourth-order valence-corrected chi connectivity index (χ4v) is 3.52. The van der Waals surface area contributed by atoms with Gasteiger partial charge in [0, 0.05) is 31.8 Å². The zero-order valence-corrected chi connectivity index (χ0v) is 17.5. The van der Waals surface area contributed by atoms with Gasteiger partial charge in [-0.3, -0.25) is 19.5 Å². The molecule has 10 heteroatoms. The highest BCUT2D eigenvalue weighted by atomic mass is 35.5. The van der Waals surface area contributed by atoms with Crippen molar-refractivity contribution >= 4 is 46.2 Å². The molecule has 1 aromatic heterocycles. The zero-order valence-electron chi connectivity index (χ0n) is 16.0. The molecule has 0 saturated heterocycles. The van der Waals surface area contributed by atoms with Gasteiger partial charge in [-0.2, -0.15) is 0 Å². The molecule has 0 saturated carbocycles. The van der Waals surface area contributed by atoms with E-state index in [2.05, 4.69) is 15.6 Å². The predicted octanol–water partition coefficient (Wildman–Crippen LogP) is 2.41. The van der Waals surface area contributed by atoms with Gasteiger partial charge >= 0.3 is 6.03 Å². The maximum absolute atomic E-state index is 13.0. The average Bonchev–Trinajstić information content (AvgIpc) is 2.66. The van der Waals surface area contributed by atoms with Crippen molar-refractivity contribution in [1.29, 1.82) is 0 Å². The van der Waals surface area contributed by atoms with E-state index in [9.17, 15) is 14.4 Å². The number of benzene rings is 1. The van der Waals surface area contributed by atoms with Crippen molar-refractivity contribution in [1.82, 2.24) is 20.2 Å². The number of nitrogens with one attached hydrogen (secondary N) is 2. The molecule has 0 radical (unpaired) electrons. The molecule has 2 N–H and O–H groups in total. The molecule has 0 fully saturated rings. The van der Waals surface area contributed by atoms with Gasteiger partial charge in [-0.05, 0) is 38.5 Å². The Morgan fingerprint density at radius 2 is 2.14 bits per heavy atom. The Morgan fingerprint density at radius 1 is 1.39 bits per heavy atom. The third-order valence-corrected chi connectivity index (χ3v) is 5.20. The molecule has 1 atom stereocenters. The molecule has 28 heavy (non-hydrogen) atoms. The number of aromatic nitrogens is 2. The van der Waals surface area contributed by atoms with Crippen molar-refractivity contribution in [2.75, 3.05) is 20.3 Å². The summed E-state index contributed by atoms with van der Waals surface area (Å²) < 4.78 is 6.88. The number of fused-ring (bicyclic) bond motifs is 1. The lowest BCUT2D eigenvalue weighted by atomic mass is 10.2. The van der Waals surface area contributed by atoms with Crippen LogP contribution >= 0.6 is 23.4 Å². The summed E-state index contributed by atoms with van der Waals surface area (Å²) in [5.74, 6) is -0.481. The van der Waals surface area contributed by atoms with E-state index < -0.39 is 17.2 Å². The van der Waals surface area contributed by atoms with Crippen molar-refractivity contribution in [3.05, 3.63) is 33.6 Å². The largest absolute Gasteiger partial charge is 0.382 e. The first-order valence-electron chi connectivity index (χ1n) is 8.84. The van der Waals surface area contributed by atoms with Crippen LogP contribution in [0.3, 0.4) is 0 Å². The van der Waals surface area contributed by atoms with Crippen molar-refractivity contribution in [2.24, 2.45) is 0 Å². The molecule has 0 spiro atoms. The standard InChI is InChI=1S/C18H23ClN4O4S/c1-4-27-9-5-8-23-16(25)13-7-6-12(19)10-14(13)21-18(23)28-11(2)15(24)22-17(26)20-3/h6-7,10-11H,4-5,8-9H2,1-3H3,(H2,20,22,24,26)/t11-/m1/s1. The number of ether oxygens (including phenoxy) is 1. The average molecular weight is 427 g/mol. The highest BCUT2D eigenvalue weighted by molar-refractivity contribution is 8.00. The summed E-state index contributed by atoms with van der Waals surface area (Å²) in [6.45, 7) is 5.06. The van der Waals surface area contributed by atoms with Gasteiger partial charge in [0.2, 0.25) is 5.91 Å². The summed E-state index contributed by atoms with van der Waals surface area (Å²) in [5.41, 5.74) is 0.250. The number of urea groups is 1. The first-order valence-corrected chi connectivity index (χ1v) is 10.1. The Kier molecular flexibility index (Phi) is 8.28. The van der Waals surface area contributed by atoms with Gasteiger partial charge < -0.3 is 10.1 Å². The molecule has 152 valence electrons. The van der Waals surface area contributed by atoms with Crippen LogP contribution in [0.15, 0.2) is 28.2 Å². The van der Waals surface area contributed by atoms with E-state index in [0.29, 0.717) is 47.3 Å². The number of hydrogen-bond acceptors (Lipinski definition) is 6. The minimum Gasteiger partial charge on any atom is -0.382 e. The van der Waals surface area contributed by atoms with E-state index in [1.165, 1.54) is 11.6 Å². The fraction of sp³-hybridized carbons (Fsp3) is 0.444. The summed E-state index contributed by atoms with van der Waals surface area (Å²) in [5, 5.41) is 5.21. The number of carbonyl (C=O) groups excluding carboxylic acids is 2. The first-order chi connectivity index (χ1) is 13.4. The van der Waals surface area contributed by atoms with Crippen molar-refractivity contribution in [2.45, 2.75) is 37.2 Å². The zero-order chi connectivity index (χ0) is 20.7. The minimum absolute atomic E-state index is 0.209. The predicted molar refractivity (Wildman–Crippen MR) is 110 cm³/mol. The molecule has 1 heterocycles. The maximum Gasteiger partial charge on any atom is 0.321 e. The molecule has 0 aliphatic carbocycles. The molecule has 3 amide bonds. The lowest BCUT2D eigenvalue weighted by Crippen LogP contribution is -2.41. The molecule has 0 bridgehead atoms. The number of rotatable bonds is 8. The maximum atomic E-state index is 13.0. The molecular formula is C18H23ClN4O4S.